The summed E-state index contributed by atoms with van der Waals surface area (Å²) in [5, 5.41) is 4.21. The molecule has 1 aliphatic heterocycles. The molecule has 0 aliphatic carbocycles. The highest BCUT2D eigenvalue weighted by Crippen LogP contribution is 2.34. The van der Waals surface area contributed by atoms with Crippen molar-refractivity contribution in [1.29, 1.82) is 0 Å². The third-order valence-electron chi connectivity index (χ3n) is 2.49. The van der Waals surface area contributed by atoms with E-state index in [-0.39, 0.29) is 0 Å². The van der Waals surface area contributed by atoms with Gasteiger partial charge in [0.2, 0.25) is 0 Å². The van der Waals surface area contributed by atoms with Gasteiger partial charge in [-0.05, 0) is 30.2 Å². The van der Waals surface area contributed by atoms with Gasteiger partial charge in [-0.15, -0.1) is 0 Å². The first-order chi connectivity index (χ1) is 5.81. The zero-order chi connectivity index (χ0) is 8.55. The number of anilines is 1. The third-order valence-corrected chi connectivity index (χ3v) is 2.72. The van der Waals surface area contributed by atoms with Crippen LogP contribution in [0.3, 0.4) is 0 Å². The van der Waals surface area contributed by atoms with Gasteiger partial charge in [-0.1, -0.05) is 18.5 Å². The second-order valence-electron chi connectivity index (χ2n) is 3.22. The van der Waals surface area contributed by atoms with E-state index >= 15 is 0 Å². The van der Waals surface area contributed by atoms with Crippen molar-refractivity contribution in [3.05, 3.63) is 28.8 Å². The Balaban J connectivity index is 2.42. The second kappa shape index (κ2) is 2.98. The first-order valence-electron chi connectivity index (χ1n) is 4.34. The highest BCUT2D eigenvalue weighted by atomic mass is 35.5. The molecule has 0 aromatic heterocycles. The van der Waals surface area contributed by atoms with Crippen molar-refractivity contribution in [3.8, 4) is 0 Å². The quantitative estimate of drug-likeness (QED) is 0.702. The SMILES string of the molecule is CC[C@H]1CNc2ccc(Cl)cc21. The fraction of sp³-hybridized carbons (Fsp3) is 0.400. The Hall–Kier alpha value is -0.690. The molecule has 0 saturated heterocycles. The maximum atomic E-state index is 5.92. The molecule has 12 heavy (non-hydrogen) atoms. The van der Waals surface area contributed by atoms with E-state index in [4.69, 9.17) is 11.6 Å². The van der Waals surface area contributed by atoms with E-state index in [1.54, 1.807) is 0 Å². The lowest BCUT2D eigenvalue weighted by molar-refractivity contribution is 0.727. The molecule has 0 unspecified atom stereocenters. The number of nitrogens with one attached hydrogen (secondary N) is 1. The molecule has 0 amide bonds. The standard InChI is InChI=1S/C10H12ClN/c1-2-7-6-12-10-4-3-8(11)5-9(7)10/h3-5,7,12H,2,6H2,1H3/t7-/m0/s1. The van der Waals surface area contributed by atoms with Gasteiger partial charge in [0.1, 0.15) is 0 Å². The summed E-state index contributed by atoms with van der Waals surface area (Å²) < 4.78 is 0. The number of hydrogen-bond donors (Lipinski definition) is 1. The first-order valence-corrected chi connectivity index (χ1v) is 4.72. The van der Waals surface area contributed by atoms with E-state index in [2.05, 4.69) is 24.4 Å². The maximum Gasteiger partial charge on any atom is 0.0410 e. The van der Waals surface area contributed by atoms with Gasteiger partial charge in [0.05, 0.1) is 0 Å². The molecule has 0 fully saturated rings. The number of halogens is 1. The van der Waals surface area contributed by atoms with Crippen molar-refractivity contribution in [2.75, 3.05) is 11.9 Å². The number of benzene rings is 1. The summed E-state index contributed by atoms with van der Waals surface area (Å²) in [5.41, 5.74) is 2.64. The van der Waals surface area contributed by atoms with Gasteiger partial charge in [-0.3, -0.25) is 0 Å². The molecule has 1 N–H and O–H groups in total. The lowest BCUT2D eigenvalue weighted by atomic mass is 9.99. The van der Waals surface area contributed by atoms with Crippen LogP contribution in [0.15, 0.2) is 18.2 Å². The average Bonchev–Trinajstić information content (AvgIpc) is 2.46. The molecule has 2 heteroatoms. The number of hydrogen-bond acceptors (Lipinski definition) is 1. The van der Waals surface area contributed by atoms with E-state index in [9.17, 15) is 0 Å². The molecule has 1 aromatic rings. The van der Waals surface area contributed by atoms with Gasteiger partial charge in [-0.25, -0.2) is 0 Å². The lowest BCUT2D eigenvalue weighted by Gasteiger charge is -2.05. The molecule has 0 radical (unpaired) electrons. The average molecular weight is 182 g/mol. The minimum Gasteiger partial charge on any atom is -0.384 e. The van der Waals surface area contributed by atoms with Crippen molar-refractivity contribution in [1.82, 2.24) is 0 Å². The summed E-state index contributed by atoms with van der Waals surface area (Å²) in [6.45, 7) is 3.27. The van der Waals surface area contributed by atoms with Gasteiger partial charge >= 0.3 is 0 Å². The minimum atomic E-state index is 0.652. The van der Waals surface area contributed by atoms with Crippen LogP contribution >= 0.6 is 11.6 Å². The van der Waals surface area contributed by atoms with Crippen molar-refractivity contribution in [3.63, 3.8) is 0 Å². The van der Waals surface area contributed by atoms with Gasteiger partial charge in [0, 0.05) is 23.2 Å². The normalized spacial score (nSPS) is 20.3. The minimum absolute atomic E-state index is 0.652. The Kier molecular flexibility index (Phi) is 1.97. The van der Waals surface area contributed by atoms with E-state index < -0.39 is 0 Å². The number of fused-ring (bicyclic) bond motifs is 1. The van der Waals surface area contributed by atoms with E-state index in [0.29, 0.717) is 5.92 Å². The largest absolute Gasteiger partial charge is 0.384 e. The third kappa shape index (κ3) is 1.18. The number of rotatable bonds is 1. The van der Waals surface area contributed by atoms with Crippen molar-refractivity contribution >= 4 is 17.3 Å². The smallest absolute Gasteiger partial charge is 0.0410 e. The summed E-state index contributed by atoms with van der Waals surface area (Å²) >= 11 is 5.92. The molecule has 0 saturated carbocycles. The Bertz CT molecular complexity index is 296. The second-order valence-corrected chi connectivity index (χ2v) is 3.65. The first kappa shape index (κ1) is 7.93. The molecular weight excluding hydrogens is 170 g/mol. The van der Waals surface area contributed by atoms with Crippen molar-refractivity contribution in [2.24, 2.45) is 0 Å². The summed E-state index contributed by atoms with van der Waals surface area (Å²) in [5.74, 6) is 0.652. The Labute approximate surface area is 77.7 Å². The highest BCUT2D eigenvalue weighted by molar-refractivity contribution is 6.30. The summed E-state index contributed by atoms with van der Waals surface area (Å²) in [6.07, 6.45) is 1.18. The highest BCUT2D eigenvalue weighted by Gasteiger charge is 2.19. The fourth-order valence-electron chi connectivity index (χ4n) is 1.74. The molecule has 1 nitrogen and oxygen atoms in total. The summed E-state index contributed by atoms with van der Waals surface area (Å²) in [7, 11) is 0. The van der Waals surface area contributed by atoms with Gasteiger partial charge < -0.3 is 5.32 Å². The fourth-order valence-corrected chi connectivity index (χ4v) is 1.92. The van der Waals surface area contributed by atoms with Gasteiger partial charge in [0.15, 0.2) is 0 Å². The van der Waals surface area contributed by atoms with Crippen LogP contribution in [-0.4, -0.2) is 6.54 Å². The molecule has 1 heterocycles. The predicted molar refractivity (Wildman–Crippen MR) is 53.0 cm³/mol. The van der Waals surface area contributed by atoms with Crippen LogP contribution in [0.4, 0.5) is 5.69 Å². The topological polar surface area (TPSA) is 12.0 Å². The molecule has 0 bridgehead atoms. The van der Waals surface area contributed by atoms with Crippen LogP contribution in [0.5, 0.6) is 0 Å². The van der Waals surface area contributed by atoms with Gasteiger partial charge in [-0.2, -0.15) is 0 Å². The van der Waals surface area contributed by atoms with E-state index in [0.717, 1.165) is 11.6 Å². The van der Waals surface area contributed by atoms with Crippen LogP contribution in [0.25, 0.3) is 0 Å². The van der Waals surface area contributed by atoms with Crippen molar-refractivity contribution < 1.29 is 0 Å². The van der Waals surface area contributed by atoms with Crippen LogP contribution in [0.2, 0.25) is 5.02 Å². The maximum absolute atomic E-state index is 5.92. The van der Waals surface area contributed by atoms with E-state index in [1.165, 1.54) is 17.7 Å². The lowest BCUT2D eigenvalue weighted by Crippen LogP contribution is -1.99. The van der Waals surface area contributed by atoms with Crippen LogP contribution < -0.4 is 5.32 Å². The predicted octanol–water partition coefficient (Wildman–Crippen LogP) is 3.26. The zero-order valence-electron chi connectivity index (χ0n) is 7.10. The Morgan fingerprint density at radius 1 is 1.58 bits per heavy atom. The van der Waals surface area contributed by atoms with Crippen molar-refractivity contribution in [2.45, 2.75) is 19.3 Å². The molecule has 1 aliphatic rings. The molecule has 2 rings (SSSR count). The molecular formula is C10H12ClN. The molecule has 0 spiro atoms. The summed E-state index contributed by atoms with van der Waals surface area (Å²) in [6, 6.07) is 6.07. The zero-order valence-corrected chi connectivity index (χ0v) is 7.86. The Morgan fingerprint density at radius 3 is 3.17 bits per heavy atom. The van der Waals surface area contributed by atoms with Crippen LogP contribution in [-0.2, 0) is 0 Å². The van der Waals surface area contributed by atoms with Gasteiger partial charge in [0.25, 0.3) is 0 Å². The van der Waals surface area contributed by atoms with E-state index in [1.807, 2.05) is 6.07 Å². The Morgan fingerprint density at radius 2 is 2.42 bits per heavy atom. The monoisotopic (exact) mass is 181 g/mol. The molecule has 64 valence electrons. The molecule has 1 aromatic carbocycles. The summed E-state index contributed by atoms with van der Waals surface area (Å²) in [4.78, 5) is 0. The molecule has 1 atom stereocenters. The van der Waals surface area contributed by atoms with Crippen LogP contribution in [0, 0.1) is 0 Å². The van der Waals surface area contributed by atoms with Crippen LogP contribution in [0.1, 0.15) is 24.8 Å².